The molecule has 2 aliphatic rings. The number of unbranched alkanes of at least 4 members (excludes halogenated alkanes) is 2. The van der Waals surface area contributed by atoms with Crippen molar-refractivity contribution in [2.24, 2.45) is 0 Å². The zero-order chi connectivity index (χ0) is 17.2. The van der Waals surface area contributed by atoms with Gasteiger partial charge in [-0.1, -0.05) is 38.8 Å². The first-order valence-electron chi connectivity index (χ1n) is 9.03. The lowest BCUT2D eigenvalue weighted by atomic mass is 9.83. The first-order chi connectivity index (χ1) is 11.6. The van der Waals surface area contributed by atoms with Crippen molar-refractivity contribution in [1.29, 1.82) is 0 Å². The molecule has 1 aromatic rings. The summed E-state index contributed by atoms with van der Waals surface area (Å²) in [6.07, 6.45) is 7.32. The molecule has 4 nitrogen and oxygen atoms in total. The Hall–Kier alpha value is -1.49. The Morgan fingerprint density at radius 1 is 1.12 bits per heavy atom. The fourth-order valence-corrected chi connectivity index (χ4v) is 4.97. The number of carbonyl (C=O) groups excluding carboxylic acids is 2. The first-order valence-corrected chi connectivity index (χ1v) is 10.0. The molecule has 1 saturated heterocycles. The lowest BCUT2D eigenvalue weighted by Gasteiger charge is -2.34. The highest BCUT2D eigenvalue weighted by Crippen LogP contribution is 2.44. The number of urea groups is 1. The van der Waals surface area contributed by atoms with Crippen LogP contribution in [0.3, 0.4) is 0 Å². The van der Waals surface area contributed by atoms with Gasteiger partial charge in [-0.25, -0.2) is 4.79 Å². The lowest BCUT2D eigenvalue weighted by Crippen LogP contribution is -2.46. The van der Waals surface area contributed by atoms with Crippen molar-refractivity contribution >= 4 is 23.7 Å². The molecule has 0 bridgehead atoms. The summed E-state index contributed by atoms with van der Waals surface area (Å²) < 4.78 is 0. The molecule has 0 aromatic heterocycles. The second kappa shape index (κ2) is 7.18. The third-order valence-electron chi connectivity index (χ3n) is 4.97. The topological polar surface area (TPSA) is 58.2 Å². The van der Waals surface area contributed by atoms with Crippen molar-refractivity contribution in [3.63, 3.8) is 0 Å². The molecule has 3 amide bonds. The third kappa shape index (κ3) is 3.06. The van der Waals surface area contributed by atoms with Gasteiger partial charge in [-0.2, -0.15) is 0 Å². The minimum atomic E-state index is -0.860. The van der Waals surface area contributed by atoms with Crippen LogP contribution in [0.25, 0.3) is 0 Å². The largest absolute Gasteiger partial charge is 0.322 e. The minimum absolute atomic E-state index is 0.192. The Morgan fingerprint density at radius 2 is 1.88 bits per heavy atom. The molecule has 0 saturated carbocycles. The number of carbonyl (C=O) groups is 2. The summed E-state index contributed by atoms with van der Waals surface area (Å²) in [4.78, 5) is 25.6. The maximum Gasteiger partial charge on any atom is 0.322 e. The molecule has 5 heteroatoms. The lowest BCUT2D eigenvalue weighted by molar-refractivity contribution is -0.124. The van der Waals surface area contributed by atoms with Crippen LogP contribution >= 0.6 is 11.8 Å². The molecule has 1 atom stereocenters. The average Bonchev–Trinajstić information content (AvgIpc) is 2.85. The van der Waals surface area contributed by atoms with E-state index in [4.69, 9.17) is 0 Å². The number of aryl methyl sites for hydroxylation is 2. The predicted molar refractivity (Wildman–Crippen MR) is 97.4 cm³/mol. The van der Waals surface area contributed by atoms with Crippen LogP contribution in [-0.2, 0) is 23.2 Å². The summed E-state index contributed by atoms with van der Waals surface area (Å²) in [5.74, 6) is 0.664. The van der Waals surface area contributed by atoms with E-state index in [1.165, 1.54) is 16.0 Å². The Bertz CT molecular complexity index is 659. The van der Waals surface area contributed by atoms with Crippen LogP contribution in [0.5, 0.6) is 0 Å². The van der Waals surface area contributed by atoms with Crippen LogP contribution < -0.4 is 10.6 Å². The number of nitrogens with one attached hydrogen (secondary N) is 2. The fourth-order valence-electron chi connectivity index (χ4n) is 3.62. The summed E-state index contributed by atoms with van der Waals surface area (Å²) in [5.41, 5.74) is 2.79. The summed E-state index contributed by atoms with van der Waals surface area (Å²) in [5, 5.41) is 5.37. The van der Waals surface area contributed by atoms with Crippen molar-refractivity contribution < 1.29 is 9.59 Å². The molecule has 2 heterocycles. The van der Waals surface area contributed by atoms with E-state index in [1.807, 2.05) is 11.8 Å². The van der Waals surface area contributed by atoms with Crippen LogP contribution in [0.15, 0.2) is 17.0 Å². The van der Waals surface area contributed by atoms with Gasteiger partial charge in [0.2, 0.25) is 0 Å². The zero-order valence-corrected chi connectivity index (χ0v) is 15.4. The van der Waals surface area contributed by atoms with E-state index in [-0.39, 0.29) is 11.9 Å². The van der Waals surface area contributed by atoms with Gasteiger partial charge in [0.15, 0.2) is 0 Å². The molecular formula is C19H26N2O2S. The van der Waals surface area contributed by atoms with Gasteiger partial charge in [-0.05, 0) is 43.2 Å². The fraction of sp³-hybridized carbons (Fsp3) is 0.579. The van der Waals surface area contributed by atoms with Gasteiger partial charge in [0, 0.05) is 16.2 Å². The maximum atomic E-state index is 12.6. The zero-order valence-electron chi connectivity index (χ0n) is 14.5. The number of rotatable bonds is 6. The second-order valence-electron chi connectivity index (χ2n) is 6.75. The SMILES string of the molecule is CCCCc1cc(CCCC)c2c(c1)C1(CCS2)NC(=O)NC1=O. The van der Waals surface area contributed by atoms with E-state index in [2.05, 4.69) is 36.6 Å². The average molecular weight is 346 g/mol. The Kier molecular flexibility index (Phi) is 5.18. The molecule has 130 valence electrons. The van der Waals surface area contributed by atoms with Crippen LogP contribution in [0.1, 0.15) is 62.6 Å². The summed E-state index contributed by atoms with van der Waals surface area (Å²) in [6, 6.07) is 4.12. The van der Waals surface area contributed by atoms with Gasteiger partial charge in [-0.3, -0.25) is 10.1 Å². The number of hydrogen-bond acceptors (Lipinski definition) is 3. The molecule has 1 unspecified atom stereocenters. The quantitative estimate of drug-likeness (QED) is 0.768. The monoisotopic (exact) mass is 346 g/mol. The van der Waals surface area contributed by atoms with E-state index in [1.54, 1.807) is 0 Å². The molecule has 1 aromatic carbocycles. The molecule has 0 radical (unpaired) electrons. The van der Waals surface area contributed by atoms with Gasteiger partial charge in [0.05, 0.1) is 0 Å². The first kappa shape index (κ1) is 17.3. The van der Waals surface area contributed by atoms with Crippen molar-refractivity contribution in [1.82, 2.24) is 10.6 Å². The molecule has 3 rings (SSSR count). The Labute approximate surface area is 148 Å². The van der Waals surface area contributed by atoms with E-state index in [9.17, 15) is 9.59 Å². The van der Waals surface area contributed by atoms with E-state index < -0.39 is 5.54 Å². The number of thioether (sulfide) groups is 1. The number of benzene rings is 1. The highest BCUT2D eigenvalue weighted by atomic mass is 32.2. The van der Waals surface area contributed by atoms with Gasteiger partial charge >= 0.3 is 6.03 Å². The standard InChI is InChI=1S/C19H26N2O2S/c1-3-5-7-13-11-14(8-6-4-2)16-15(12-13)19(9-10-24-16)17(22)20-18(23)21-19/h11-12H,3-10H2,1-2H3,(H2,20,21,22,23). The van der Waals surface area contributed by atoms with Crippen LogP contribution in [0.2, 0.25) is 0 Å². The number of imide groups is 1. The Morgan fingerprint density at radius 3 is 2.54 bits per heavy atom. The maximum absolute atomic E-state index is 12.6. The summed E-state index contributed by atoms with van der Waals surface area (Å²) >= 11 is 1.83. The molecule has 2 N–H and O–H groups in total. The molecule has 0 aliphatic carbocycles. The Balaban J connectivity index is 2.08. The van der Waals surface area contributed by atoms with Crippen molar-refractivity contribution in [2.45, 2.75) is 69.2 Å². The third-order valence-corrected chi connectivity index (χ3v) is 6.15. The van der Waals surface area contributed by atoms with Crippen molar-refractivity contribution in [3.05, 3.63) is 28.8 Å². The molecule has 1 spiro atoms. The minimum Gasteiger partial charge on any atom is -0.319 e. The van der Waals surface area contributed by atoms with E-state index in [0.29, 0.717) is 6.42 Å². The van der Waals surface area contributed by atoms with Gasteiger partial charge in [-0.15, -0.1) is 11.8 Å². The predicted octanol–water partition coefficient (Wildman–Crippen LogP) is 3.90. The van der Waals surface area contributed by atoms with Gasteiger partial charge < -0.3 is 5.32 Å². The molecule has 1 fully saturated rings. The van der Waals surface area contributed by atoms with E-state index >= 15 is 0 Å². The molecule has 24 heavy (non-hydrogen) atoms. The van der Waals surface area contributed by atoms with Gasteiger partial charge in [0.25, 0.3) is 5.91 Å². The van der Waals surface area contributed by atoms with E-state index in [0.717, 1.165) is 49.8 Å². The number of hydrogen-bond donors (Lipinski definition) is 2. The summed E-state index contributed by atoms with van der Waals surface area (Å²) in [6.45, 7) is 4.39. The number of amides is 3. The normalized spacial score (nSPS) is 22.4. The van der Waals surface area contributed by atoms with Crippen molar-refractivity contribution in [3.8, 4) is 0 Å². The van der Waals surface area contributed by atoms with Crippen LogP contribution in [-0.4, -0.2) is 17.7 Å². The molecular weight excluding hydrogens is 320 g/mol. The summed E-state index contributed by atoms with van der Waals surface area (Å²) in [7, 11) is 0. The van der Waals surface area contributed by atoms with Crippen LogP contribution in [0.4, 0.5) is 4.79 Å². The van der Waals surface area contributed by atoms with Crippen molar-refractivity contribution in [2.75, 3.05) is 5.75 Å². The molecule has 2 aliphatic heterocycles. The highest BCUT2D eigenvalue weighted by molar-refractivity contribution is 7.99. The van der Waals surface area contributed by atoms with Crippen LogP contribution in [0, 0.1) is 0 Å². The highest BCUT2D eigenvalue weighted by Gasteiger charge is 2.50. The van der Waals surface area contributed by atoms with Gasteiger partial charge in [0.1, 0.15) is 5.54 Å². The second-order valence-corrected chi connectivity index (χ2v) is 7.86. The smallest absolute Gasteiger partial charge is 0.319 e. The number of fused-ring (bicyclic) bond motifs is 2.